The molecule has 1 aromatic heterocycles. The Labute approximate surface area is 187 Å². The number of fused-ring (bicyclic) bond motifs is 3. The highest BCUT2D eigenvalue weighted by atomic mass is 16.7. The number of rotatable bonds is 3. The van der Waals surface area contributed by atoms with Crippen molar-refractivity contribution in [3.8, 4) is 0 Å². The number of carbonyl (C=O) groups excluding carboxylic acids is 1. The molecule has 4 N–H and O–H groups in total. The van der Waals surface area contributed by atoms with Crippen LogP contribution in [0.25, 0.3) is 10.9 Å². The molecular formula is C23H32BNO7. The van der Waals surface area contributed by atoms with Gasteiger partial charge < -0.3 is 29.7 Å². The smallest absolute Gasteiger partial charge is 0.443 e. The molecular weight excluding hydrogens is 413 g/mol. The lowest BCUT2D eigenvalue weighted by Gasteiger charge is -2.48. The average Bonchev–Trinajstić information content (AvgIpc) is 3.18. The van der Waals surface area contributed by atoms with Crippen molar-refractivity contribution in [3.63, 3.8) is 0 Å². The van der Waals surface area contributed by atoms with Crippen molar-refractivity contribution in [2.75, 3.05) is 0 Å². The third-order valence-electron chi connectivity index (χ3n) is 7.81. The van der Waals surface area contributed by atoms with E-state index in [1.807, 2.05) is 13.8 Å². The largest absolute Gasteiger partial charge is 0.511 e. The zero-order chi connectivity index (χ0) is 23.9. The summed E-state index contributed by atoms with van der Waals surface area (Å²) in [4.78, 5) is 13.0. The molecule has 1 aromatic carbocycles. The van der Waals surface area contributed by atoms with Gasteiger partial charge in [-0.15, -0.1) is 0 Å². The Morgan fingerprint density at radius 3 is 2.34 bits per heavy atom. The van der Waals surface area contributed by atoms with Gasteiger partial charge in [-0.1, -0.05) is 39.0 Å². The topological polar surface area (TPSA) is 121 Å². The van der Waals surface area contributed by atoms with E-state index in [0.717, 1.165) is 0 Å². The van der Waals surface area contributed by atoms with Gasteiger partial charge in [-0.05, 0) is 56.5 Å². The van der Waals surface area contributed by atoms with Crippen molar-refractivity contribution in [3.05, 3.63) is 30.3 Å². The fourth-order valence-electron chi connectivity index (χ4n) is 5.76. The van der Waals surface area contributed by atoms with Gasteiger partial charge in [-0.3, -0.25) is 4.57 Å². The summed E-state index contributed by atoms with van der Waals surface area (Å²) in [6.07, 6.45) is 0.282. The van der Waals surface area contributed by atoms with E-state index in [-0.39, 0.29) is 5.59 Å². The Bertz CT molecular complexity index is 1070. The van der Waals surface area contributed by atoms with Gasteiger partial charge >= 0.3 is 13.2 Å². The number of hydrogen-bond donors (Lipinski definition) is 4. The molecule has 8 nitrogen and oxygen atoms in total. The second-order valence-corrected chi connectivity index (χ2v) is 10.9. The normalized spacial score (nSPS) is 30.6. The van der Waals surface area contributed by atoms with E-state index in [1.165, 1.54) is 4.57 Å². The third kappa shape index (κ3) is 2.92. The maximum Gasteiger partial charge on any atom is 0.511 e. The van der Waals surface area contributed by atoms with Crippen LogP contribution in [0.2, 0.25) is 0 Å². The number of aromatic nitrogens is 1. The summed E-state index contributed by atoms with van der Waals surface area (Å²) in [5.74, 6) is -5.68. The van der Waals surface area contributed by atoms with Crippen LogP contribution in [0.1, 0.15) is 54.4 Å². The Morgan fingerprint density at radius 1 is 1.16 bits per heavy atom. The fraction of sp³-hybridized carbons (Fsp3) is 0.609. The molecule has 3 atom stereocenters. The molecule has 0 spiro atoms. The summed E-state index contributed by atoms with van der Waals surface area (Å²) in [6.45, 7) is 10.6. The van der Waals surface area contributed by atoms with Gasteiger partial charge in [0.25, 0.3) is 0 Å². The lowest BCUT2D eigenvalue weighted by atomic mass is 9.67. The van der Waals surface area contributed by atoms with Gasteiger partial charge in [0.1, 0.15) is 5.60 Å². The summed E-state index contributed by atoms with van der Waals surface area (Å²) < 4.78 is 12.4. The van der Waals surface area contributed by atoms with E-state index in [0.29, 0.717) is 23.7 Å². The third-order valence-corrected chi connectivity index (χ3v) is 7.81. The molecule has 4 rings (SSSR count). The number of hydrogen-bond acceptors (Lipinski definition) is 7. The van der Waals surface area contributed by atoms with Gasteiger partial charge in [0, 0.05) is 11.3 Å². The first-order chi connectivity index (χ1) is 14.6. The molecule has 0 aliphatic heterocycles. The van der Waals surface area contributed by atoms with Gasteiger partial charge in [0.15, 0.2) is 0 Å². The molecule has 9 heteroatoms. The fourth-order valence-corrected chi connectivity index (χ4v) is 5.76. The highest BCUT2D eigenvalue weighted by molar-refractivity contribution is 6.60. The first-order valence-electron chi connectivity index (χ1n) is 10.9. The van der Waals surface area contributed by atoms with E-state index in [4.69, 9.17) is 9.39 Å². The number of ether oxygens (including phenoxy) is 1. The van der Waals surface area contributed by atoms with Crippen LogP contribution in [0.4, 0.5) is 4.79 Å². The summed E-state index contributed by atoms with van der Waals surface area (Å²) in [6, 6.07) is 8.57. The van der Waals surface area contributed by atoms with E-state index in [1.54, 1.807) is 58.0 Å². The lowest BCUT2D eigenvalue weighted by Crippen LogP contribution is -2.66. The highest BCUT2D eigenvalue weighted by Crippen LogP contribution is 2.72. The van der Waals surface area contributed by atoms with Gasteiger partial charge in [0.2, 0.25) is 11.6 Å². The molecule has 2 saturated carbocycles. The van der Waals surface area contributed by atoms with E-state index >= 15 is 0 Å². The summed E-state index contributed by atoms with van der Waals surface area (Å²) >= 11 is 0. The van der Waals surface area contributed by atoms with Crippen LogP contribution < -0.4 is 5.59 Å². The van der Waals surface area contributed by atoms with Crippen LogP contribution in [0.3, 0.4) is 0 Å². The maximum atomic E-state index is 13.0. The highest BCUT2D eigenvalue weighted by Gasteiger charge is 2.81. The molecule has 2 aromatic rings. The second-order valence-electron chi connectivity index (χ2n) is 10.9. The van der Waals surface area contributed by atoms with Gasteiger partial charge in [-0.2, -0.15) is 0 Å². The van der Waals surface area contributed by atoms with E-state index in [9.17, 15) is 25.1 Å². The van der Waals surface area contributed by atoms with Crippen molar-refractivity contribution in [2.45, 2.75) is 71.6 Å². The van der Waals surface area contributed by atoms with Gasteiger partial charge in [-0.25, -0.2) is 4.79 Å². The summed E-state index contributed by atoms with van der Waals surface area (Å²) in [5.41, 5.74) is -1.98. The molecule has 2 aliphatic carbocycles. The molecule has 2 bridgehead atoms. The Balaban J connectivity index is 1.78. The molecule has 0 radical (unpaired) electrons. The number of nitrogens with zero attached hydrogens (tertiary/aromatic N) is 1. The second kappa shape index (κ2) is 6.80. The van der Waals surface area contributed by atoms with Crippen LogP contribution in [-0.4, -0.2) is 55.3 Å². The molecule has 32 heavy (non-hydrogen) atoms. The maximum absolute atomic E-state index is 13.0. The van der Waals surface area contributed by atoms with Crippen LogP contribution in [0, 0.1) is 16.7 Å². The number of aliphatic hydroxyl groups is 3. The van der Waals surface area contributed by atoms with Crippen LogP contribution >= 0.6 is 0 Å². The minimum atomic E-state index is -2.58. The van der Waals surface area contributed by atoms with Crippen molar-refractivity contribution in [1.29, 1.82) is 0 Å². The molecule has 0 saturated heterocycles. The standard InChI is InChI=1S/C23H32BNO7/c1-19(2,3)31-18(26)25-15-10-8-7-9-14(15)13-17(25)24(30)32-23(29)21(6)12-11-16(20(21,4)5)22(23,27)28/h7-10,13,16,27-30H,11-12H2,1-6H3. The predicted molar refractivity (Wildman–Crippen MR) is 119 cm³/mol. The van der Waals surface area contributed by atoms with Crippen molar-refractivity contribution in [2.24, 2.45) is 16.7 Å². The molecule has 174 valence electrons. The monoisotopic (exact) mass is 445 g/mol. The average molecular weight is 445 g/mol. The van der Waals surface area contributed by atoms with Crippen molar-refractivity contribution in [1.82, 2.24) is 4.57 Å². The first-order valence-corrected chi connectivity index (χ1v) is 10.9. The Hall–Kier alpha value is -1.91. The SMILES string of the molecule is CC(C)(C)OC(=O)n1c(B(O)OC2(O)C(O)(O)C3CCC2(C)C3(C)C)cc2ccccc21. The van der Waals surface area contributed by atoms with Crippen LogP contribution in [0.5, 0.6) is 0 Å². The number of benzene rings is 1. The Morgan fingerprint density at radius 2 is 1.78 bits per heavy atom. The Kier molecular flexibility index (Phi) is 4.95. The van der Waals surface area contributed by atoms with Crippen molar-refractivity contribution < 1.29 is 34.5 Å². The zero-order valence-electron chi connectivity index (χ0n) is 19.4. The number of carbonyl (C=O) groups is 1. The molecule has 2 fully saturated rings. The molecule has 0 amide bonds. The predicted octanol–water partition coefficient (Wildman–Crippen LogP) is 1.95. The number of para-hydroxylation sites is 1. The summed E-state index contributed by atoms with van der Waals surface area (Å²) in [5, 5.41) is 45.1. The van der Waals surface area contributed by atoms with Crippen molar-refractivity contribution >= 4 is 29.7 Å². The molecule has 1 heterocycles. The van der Waals surface area contributed by atoms with E-state index in [2.05, 4.69) is 0 Å². The molecule has 3 unspecified atom stereocenters. The van der Waals surface area contributed by atoms with Gasteiger partial charge in [0.05, 0.1) is 11.1 Å². The zero-order valence-corrected chi connectivity index (χ0v) is 19.4. The first kappa shape index (κ1) is 23.3. The lowest BCUT2D eigenvalue weighted by molar-refractivity contribution is -0.382. The van der Waals surface area contributed by atoms with E-state index < -0.39 is 47.1 Å². The van der Waals surface area contributed by atoms with Crippen LogP contribution in [0.15, 0.2) is 30.3 Å². The minimum absolute atomic E-state index is 0.0221. The van der Waals surface area contributed by atoms with Crippen LogP contribution in [-0.2, 0) is 9.39 Å². The minimum Gasteiger partial charge on any atom is -0.443 e. The summed E-state index contributed by atoms with van der Waals surface area (Å²) in [7, 11) is -1.83. The molecule has 2 aliphatic rings. The quantitative estimate of drug-likeness (QED) is 0.421.